The number of carbonyl (C=O) groups excluding carboxylic acids is 1. The number of unbranched alkanes of at least 4 members (excludes halogenated alkanes) is 3. The highest BCUT2D eigenvalue weighted by Gasteiger charge is 1.99. The van der Waals surface area contributed by atoms with Crippen LogP contribution in [0.4, 0.5) is 0 Å². The first kappa shape index (κ1) is 10.7. The quantitative estimate of drug-likeness (QED) is 0.516. The molecule has 0 N–H and O–H groups in total. The number of Topliss-reactive ketones (excluding diaryl/α,β-unsaturated/α-hetero) is 1. The van der Waals surface area contributed by atoms with E-state index in [0.29, 0.717) is 5.78 Å². The summed E-state index contributed by atoms with van der Waals surface area (Å²) in [5.41, 5.74) is 0. The summed E-state index contributed by atoms with van der Waals surface area (Å²) in [5, 5.41) is 0. The van der Waals surface area contributed by atoms with Crippen LogP contribution in [0, 0.1) is 6.42 Å². The van der Waals surface area contributed by atoms with E-state index in [-0.39, 0.29) is 0 Å². The first-order valence-electron chi connectivity index (χ1n) is 4.67. The van der Waals surface area contributed by atoms with Crippen LogP contribution in [0.2, 0.25) is 0 Å². The Labute approximate surface area is 70.2 Å². The molecule has 0 atom stereocenters. The van der Waals surface area contributed by atoms with Gasteiger partial charge in [0.25, 0.3) is 0 Å². The van der Waals surface area contributed by atoms with Crippen molar-refractivity contribution in [1.82, 2.24) is 0 Å². The van der Waals surface area contributed by atoms with Crippen molar-refractivity contribution < 1.29 is 4.79 Å². The van der Waals surface area contributed by atoms with E-state index in [4.69, 9.17) is 0 Å². The third-order valence-corrected chi connectivity index (χ3v) is 1.69. The van der Waals surface area contributed by atoms with E-state index in [1.165, 1.54) is 12.8 Å². The Bertz CT molecular complexity index is 97.0. The number of ketones is 1. The summed E-state index contributed by atoms with van der Waals surface area (Å²) in [7, 11) is 0. The Morgan fingerprint density at radius 1 is 1.18 bits per heavy atom. The van der Waals surface area contributed by atoms with Crippen LogP contribution in [0.25, 0.3) is 0 Å². The van der Waals surface area contributed by atoms with E-state index in [0.717, 1.165) is 25.7 Å². The van der Waals surface area contributed by atoms with Crippen molar-refractivity contribution in [1.29, 1.82) is 0 Å². The number of rotatable bonds is 7. The van der Waals surface area contributed by atoms with Crippen molar-refractivity contribution in [2.24, 2.45) is 0 Å². The predicted molar refractivity (Wildman–Crippen MR) is 48.4 cm³/mol. The third kappa shape index (κ3) is 7.57. The van der Waals surface area contributed by atoms with Gasteiger partial charge in [0.05, 0.1) is 0 Å². The molecule has 0 aliphatic carbocycles. The molecule has 0 aliphatic rings. The minimum atomic E-state index is 0.334. The molecular formula is C10H19O. The summed E-state index contributed by atoms with van der Waals surface area (Å²) in [5.74, 6) is 0.334. The van der Waals surface area contributed by atoms with Crippen molar-refractivity contribution in [2.45, 2.75) is 52.4 Å². The molecule has 0 saturated carbocycles. The smallest absolute Gasteiger partial charge is 0.136 e. The lowest BCUT2D eigenvalue weighted by atomic mass is 10.1. The number of hydrogen-bond acceptors (Lipinski definition) is 1. The van der Waals surface area contributed by atoms with Crippen molar-refractivity contribution in [3.05, 3.63) is 6.42 Å². The summed E-state index contributed by atoms with van der Waals surface area (Å²) < 4.78 is 0. The maximum atomic E-state index is 11.0. The molecule has 0 spiro atoms. The molecule has 0 bridgehead atoms. The fourth-order valence-electron chi connectivity index (χ4n) is 0.957. The van der Waals surface area contributed by atoms with Crippen molar-refractivity contribution in [3.8, 4) is 0 Å². The first-order chi connectivity index (χ1) is 5.31. The first-order valence-corrected chi connectivity index (χ1v) is 4.67. The molecule has 0 aliphatic heterocycles. The van der Waals surface area contributed by atoms with Crippen LogP contribution >= 0.6 is 0 Å². The van der Waals surface area contributed by atoms with E-state index in [1.807, 2.05) is 6.42 Å². The zero-order valence-corrected chi connectivity index (χ0v) is 7.73. The molecule has 0 rings (SSSR count). The van der Waals surface area contributed by atoms with Gasteiger partial charge in [0, 0.05) is 12.8 Å². The third-order valence-electron chi connectivity index (χ3n) is 1.69. The van der Waals surface area contributed by atoms with Gasteiger partial charge in [-0.25, -0.2) is 0 Å². The lowest BCUT2D eigenvalue weighted by Crippen LogP contribution is -1.97. The molecule has 0 fully saturated rings. The van der Waals surface area contributed by atoms with Crippen LogP contribution in [0.3, 0.4) is 0 Å². The van der Waals surface area contributed by atoms with Crippen LogP contribution in [0.1, 0.15) is 52.4 Å². The molecule has 65 valence electrons. The van der Waals surface area contributed by atoms with Crippen molar-refractivity contribution in [2.75, 3.05) is 0 Å². The monoisotopic (exact) mass is 155 g/mol. The topological polar surface area (TPSA) is 17.1 Å². The summed E-state index contributed by atoms with van der Waals surface area (Å²) in [4.78, 5) is 11.0. The highest BCUT2D eigenvalue weighted by Crippen LogP contribution is 2.03. The van der Waals surface area contributed by atoms with Crippen LogP contribution in [-0.2, 0) is 4.79 Å². The largest absolute Gasteiger partial charge is 0.299 e. The maximum Gasteiger partial charge on any atom is 0.136 e. The summed E-state index contributed by atoms with van der Waals surface area (Å²) >= 11 is 0. The normalized spacial score (nSPS) is 10.0. The molecule has 11 heavy (non-hydrogen) atoms. The van der Waals surface area contributed by atoms with Crippen LogP contribution < -0.4 is 0 Å². The van der Waals surface area contributed by atoms with Crippen LogP contribution in [-0.4, -0.2) is 5.78 Å². The standard InChI is InChI=1S/C10H19O/c1-3-5-7-9-10(11)8-6-4-2/h8H,3-7,9H2,1-2H3. The molecule has 0 aromatic carbocycles. The average Bonchev–Trinajstić information content (AvgIpc) is 2.01. The second-order valence-corrected chi connectivity index (χ2v) is 2.92. The van der Waals surface area contributed by atoms with E-state index >= 15 is 0 Å². The molecule has 0 saturated heterocycles. The fraction of sp³-hybridized carbons (Fsp3) is 0.800. The Morgan fingerprint density at radius 2 is 1.91 bits per heavy atom. The summed E-state index contributed by atoms with van der Waals surface area (Å²) in [6.07, 6.45) is 8.07. The summed E-state index contributed by atoms with van der Waals surface area (Å²) in [6, 6.07) is 0. The number of hydrogen-bond donors (Lipinski definition) is 0. The van der Waals surface area contributed by atoms with Gasteiger partial charge in [0.2, 0.25) is 0 Å². The van der Waals surface area contributed by atoms with Gasteiger partial charge in [-0.05, 0) is 12.8 Å². The Hall–Kier alpha value is -0.330. The van der Waals surface area contributed by atoms with Gasteiger partial charge in [0.1, 0.15) is 5.78 Å². The van der Waals surface area contributed by atoms with E-state index in [9.17, 15) is 4.79 Å². The molecular weight excluding hydrogens is 136 g/mol. The van der Waals surface area contributed by atoms with E-state index in [2.05, 4.69) is 13.8 Å². The highest BCUT2D eigenvalue weighted by atomic mass is 16.1. The highest BCUT2D eigenvalue weighted by molar-refractivity contribution is 5.86. The minimum Gasteiger partial charge on any atom is -0.299 e. The van der Waals surface area contributed by atoms with Gasteiger partial charge in [-0.1, -0.05) is 33.1 Å². The molecule has 0 aromatic heterocycles. The van der Waals surface area contributed by atoms with E-state index in [1.54, 1.807) is 0 Å². The molecule has 1 radical (unpaired) electrons. The second-order valence-electron chi connectivity index (χ2n) is 2.92. The van der Waals surface area contributed by atoms with Gasteiger partial charge in [0.15, 0.2) is 0 Å². The summed E-state index contributed by atoms with van der Waals surface area (Å²) in [6.45, 7) is 4.25. The molecule has 1 nitrogen and oxygen atoms in total. The zero-order chi connectivity index (χ0) is 8.53. The van der Waals surface area contributed by atoms with Crippen LogP contribution in [0.15, 0.2) is 0 Å². The molecule has 1 heteroatoms. The lowest BCUT2D eigenvalue weighted by molar-refractivity contribution is -0.116. The van der Waals surface area contributed by atoms with Gasteiger partial charge in [-0.2, -0.15) is 0 Å². The molecule has 0 heterocycles. The van der Waals surface area contributed by atoms with E-state index < -0.39 is 0 Å². The van der Waals surface area contributed by atoms with Gasteiger partial charge in [-0.15, -0.1) is 0 Å². The van der Waals surface area contributed by atoms with Gasteiger partial charge in [-0.3, -0.25) is 4.79 Å². The van der Waals surface area contributed by atoms with Crippen molar-refractivity contribution in [3.63, 3.8) is 0 Å². The lowest BCUT2D eigenvalue weighted by Gasteiger charge is -1.97. The molecule has 0 amide bonds. The predicted octanol–water partition coefficient (Wildman–Crippen LogP) is 3.14. The molecule has 0 aromatic rings. The fourth-order valence-corrected chi connectivity index (χ4v) is 0.957. The minimum absolute atomic E-state index is 0.334. The Kier molecular flexibility index (Phi) is 7.54. The number of carbonyl (C=O) groups is 1. The Morgan fingerprint density at radius 3 is 2.45 bits per heavy atom. The van der Waals surface area contributed by atoms with Crippen LogP contribution in [0.5, 0.6) is 0 Å². The average molecular weight is 155 g/mol. The van der Waals surface area contributed by atoms with Gasteiger partial charge >= 0.3 is 0 Å². The zero-order valence-electron chi connectivity index (χ0n) is 7.73. The second kappa shape index (κ2) is 7.77. The maximum absolute atomic E-state index is 11.0. The Balaban J connectivity index is 3.09. The SMILES string of the molecule is CCC[CH]C(=O)CCCCC. The van der Waals surface area contributed by atoms with Crippen molar-refractivity contribution >= 4 is 5.78 Å². The van der Waals surface area contributed by atoms with Gasteiger partial charge < -0.3 is 0 Å². The molecule has 0 unspecified atom stereocenters.